The fraction of sp³-hybridized carbons (Fsp3) is 0.312. The molecule has 0 saturated carbocycles. The van der Waals surface area contributed by atoms with Gasteiger partial charge in [0.1, 0.15) is 12.1 Å². The Morgan fingerprint density at radius 3 is 1.67 bits per heavy atom. The van der Waals surface area contributed by atoms with Crippen molar-refractivity contribution in [1.29, 1.82) is 0 Å². The molecule has 2 atom stereocenters. The summed E-state index contributed by atoms with van der Waals surface area (Å²) in [5.74, 6) is -3.26. The first kappa shape index (κ1) is 29.3. The Hall–Kier alpha value is -4.26. The Morgan fingerprint density at radius 1 is 0.692 bits per heavy atom. The van der Waals surface area contributed by atoms with E-state index >= 15 is 0 Å². The van der Waals surface area contributed by atoms with E-state index in [1.807, 2.05) is 105 Å². The quantitative estimate of drug-likeness (QED) is 0.256. The Bertz CT molecular complexity index is 1190. The summed E-state index contributed by atoms with van der Waals surface area (Å²) in [5, 5.41) is 5.66. The zero-order valence-electron chi connectivity index (χ0n) is 22.6. The minimum Gasteiger partial charge on any atom is -0.460 e. The number of ketones is 1. The van der Waals surface area contributed by atoms with Crippen LogP contribution in [0.2, 0.25) is 0 Å². The van der Waals surface area contributed by atoms with E-state index in [1.54, 1.807) is 6.92 Å². The highest BCUT2D eigenvalue weighted by Gasteiger charge is 2.33. The maximum absolute atomic E-state index is 13.7. The number of ether oxygens (including phenoxy) is 1. The van der Waals surface area contributed by atoms with Crippen LogP contribution in [0.5, 0.6) is 0 Å². The molecule has 0 aromatic heterocycles. The average molecular weight is 529 g/mol. The minimum absolute atomic E-state index is 0.0446. The van der Waals surface area contributed by atoms with Crippen molar-refractivity contribution in [1.82, 2.24) is 10.6 Å². The molecule has 2 N–H and O–H groups in total. The first-order valence-corrected chi connectivity index (χ1v) is 13.3. The maximum Gasteiger partial charge on any atom is 0.376 e. The second kappa shape index (κ2) is 14.6. The number of esters is 1. The summed E-state index contributed by atoms with van der Waals surface area (Å²) in [5.41, 5.74) is 2.37. The van der Waals surface area contributed by atoms with Gasteiger partial charge in [0.05, 0.1) is 12.5 Å². The van der Waals surface area contributed by atoms with Crippen LogP contribution < -0.4 is 10.6 Å². The largest absolute Gasteiger partial charge is 0.460 e. The van der Waals surface area contributed by atoms with Gasteiger partial charge in [0, 0.05) is 6.42 Å². The predicted molar refractivity (Wildman–Crippen MR) is 150 cm³/mol. The lowest BCUT2D eigenvalue weighted by Gasteiger charge is -2.26. The van der Waals surface area contributed by atoms with E-state index in [9.17, 15) is 19.2 Å². The summed E-state index contributed by atoms with van der Waals surface area (Å²) < 4.78 is 4.91. The molecule has 0 aliphatic carbocycles. The molecule has 0 fully saturated rings. The Morgan fingerprint density at radius 2 is 1.18 bits per heavy atom. The number of hydrogen-bond donors (Lipinski definition) is 2. The van der Waals surface area contributed by atoms with E-state index in [-0.39, 0.29) is 24.9 Å². The fourth-order valence-electron chi connectivity index (χ4n) is 4.42. The summed E-state index contributed by atoms with van der Waals surface area (Å²) >= 11 is 0. The first-order chi connectivity index (χ1) is 18.8. The molecular weight excluding hydrogens is 492 g/mol. The molecule has 3 aromatic carbocycles. The summed E-state index contributed by atoms with van der Waals surface area (Å²) in [6.07, 6.45) is 0.461. The van der Waals surface area contributed by atoms with Crippen LogP contribution in [0.15, 0.2) is 91.0 Å². The number of carbonyl (C=O) groups excluding carboxylic acids is 4. The molecule has 0 heterocycles. The van der Waals surface area contributed by atoms with Crippen molar-refractivity contribution >= 4 is 23.6 Å². The highest BCUT2D eigenvalue weighted by Crippen LogP contribution is 2.25. The van der Waals surface area contributed by atoms with Crippen LogP contribution in [0, 0.1) is 5.92 Å². The zero-order chi connectivity index (χ0) is 28.2. The molecule has 0 bridgehead atoms. The van der Waals surface area contributed by atoms with Gasteiger partial charge in [-0.25, -0.2) is 4.79 Å². The molecule has 2 amide bonds. The summed E-state index contributed by atoms with van der Waals surface area (Å²) in [7, 11) is 0. The van der Waals surface area contributed by atoms with Crippen LogP contribution >= 0.6 is 0 Å². The van der Waals surface area contributed by atoms with Crippen molar-refractivity contribution in [3.63, 3.8) is 0 Å². The third kappa shape index (κ3) is 8.64. The molecule has 7 nitrogen and oxygen atoms in total. The molecular formula is C32H36N2O5. The normalized spacial score (nSPS) is 12.4. The van der Waals surface area contributed by atoms with Gasteiger partial charge in [0.25, 0.3) is 5.78 Å². The van der Waals surface area contributed by atoms with Crippen molar-refractivity contribution in [3.05, 3.63) is 108 Å². The van der Waals surface area contributed by atoms with E-state index in [2.05, 4.69) is 10.6 Å². The highest BCUT2D eigenvalue weighted by atomic mass is 16.5. The highest BCUT2D eigenvalue weighted by molar-refractivity contribution is 6.36. The Kier molecular flexibility index (Phi) is 11.0. The molecule has 0 radical (unpaired) electrons. The number of benzene rings is 3. The lowest BCUT2D eigenvalue weighted by molar-refractivity contribution is -0.154. The molecule has 7 heteroatoms. The Labute approximate surface area is 230 Å². The minimum atomic E-state index is -1.13. The number of amides is 2. The number of Topliss-reactive ketones (excluding diaryl/α,β-unsaturated/α-hetero) is 1. The lowest BCUT2D eigenvalue weighted by atomic mass is 9.90. The van der Waals surface area contributed by atoms with Crippen LogP contribution in [-0.4, -0.2) is 42.3 Å². The van der Waals surface area contributed by atoms with Gasteiger partial charge in [-0.05, 0) is 36.0 Å². The van der Waals surface area contributed by atoms with Gasteiger partial charge in [0.2, 0.25) is 11.8 Å². The molecule has 3 rings (SSSR count). The third-order valence-corrected chi connectivity index (χ3v) is 6.26. The molecule has 0 spiro atoms. The lowest BCUT2D eigenvalue weighted by Crippen LogP contribution is -2.54. The van der Waals surface area contributed by atoms with Gasteiger partial charge >= 0.3 is 5.97 Å². The Balaban J connectivity index is 1.86. The van der Waals surface area contributed by atoms with Crippen LogP contribution in [0.1, 0.15) is 49.8 Å². The summed E-state index contributed by atoms with van der Waals surface area (Å²) in [6.45, 7) is 5.55. The van der Waals surface area contributed by atoms with Gasteiger partial charge in [-0.3, -0.25) is 14.4 Å². The third-order valence-electron chi connectivity index (χ3n) is 6.26. The fourth-order valence-corrected chi connectivity index (χ4v) is 4.42. The molecule has 0 unspecified atom stereocenters. The van der Waals surface area contributed by atoms with E-state index in [0.29, 0.717) is 6.42 Å². The van der Waals surface area contributed by atoms with Crippen LogP contribution in [0.25, 0.3) is 0 Å². The van der Waals surface area contributed by atoms with Gasteiger partial charge < -0.3 is 15.4 Å². The van der Waals surface area contributed by atoms with E-state index in [4.69, 9.17) is 4.74 Å². The average Bonchev–Trinajstić information content (AvgIpc) is 2.93. The monoisotopic (exact) mass is 528 g/mol. The van der Waals surface area contributed by atoms with E-state index in [1.165, 1.54) is 0 Å². The van der Waals surface area contributed by atoms with E-state index < -0.39 is 35.7 Å². The second-order valence-corrected chi connectivity index (χ2v) is 9.78. The van der Waals surface area contributed by atoms with Gasteiger partial charge in [-0.15, -0.1) is 0 Å². The van der Waals surface area contributed by atoms with Crippen LogP contribution in [-0.2, 0) is 30.3 Å². The van der Waals surface area contributed by atoms with Crippen molar-refractivity contribution < 1.29 is 23.9 Å². The van der Waals surface area contributed by atoms with Gasteiger partial charge in [-0.1, -0.05) is 105 Å². The standard InChI is InChI=1S/C32H36N2O5/c1-4-39-32(38)29(35)26(21-23-14-8-5-9-15-23)33-30(36)27(20-22(2)3)34-31(37)28(24-16-10-6-11-17-24)25-18-12-7-13-19-25/h5-19,22,26-28H,4,20-21H2,1-3H3,(H,33,36)(H,34,37)/t26-,27-/m0/s1. The first-order valence-electron chi connectivity index (χ1n) is 13.3. The summed E-state index contributed by atoms with van der Waals surface area (Å²) in [4.78, 5) is 52.5. The molecule has 3 aromatic rings. The number of hydrogen-bond acceptors (Lipinski definition) is 5. The smallest absolute Gasteiger partial charge is 0.376 e. The van der Waals surface area contributed by atoms with Gasteiger partial charge in [-0.2, -0.15) is 0 Å². The molecule has 0 aliphatic heterocycles. The number of nitrogens with one attached hydrogen (secondary N) is 2. The van der Waals surface area contributed by atoms with Crippen molar-refractivity contribution in [3.8, 4) is 0 Å². The molecule has 0 aliphatic rings. The SMILES string of the molecule is CCOC(=O)C(=O)[C@H](Cc1ccccc1)NC(=O)[C@H](CC(C)C)NC(=O)C(c1ccccc1)c1ccccc1. The van der Waals surface area contributed by atoms with E-state index in [0.717, 1.165) is 16.7 Å². The van der Waals surface area contributed by atoms with Gasteiger partial charge in [0.15, 0.2) is 0 Å². The van der Waals surface area contributed by atoms with Crippen LogP contribution in [0.3, 0.4) is 0 Å². The number of carbonyl (C=O) groups is 4. The molecule has 204 valence electrons. The molecule has 39 heavy (non-hydrogen) atoms. The van der Waals surface area contributed by atoms with Crippen LogP contribution in [0.4, 0.5) is 0 Å². The van der Waals surface area contributed by atoms with Crippen molar-refractivity contribution in [2.45, 2.75) is 51.6 Å². The topological polar surface area (TPSA) is 102 Å². The second-order valence-electron chi connectivity index (χ2n) is 9.78. The summed E-state index contributed by atoms with van der Waals surface area (Å²) in [6, 6.07) is 25.8. The zero-order valence-corrected chi connectivity index (χ0v) is 22.6. The predicted octanol–water partition coefficient (Wildman–Crippen LogP) is 4.21. The van der Waals surface area contributed by atoms with Crippen molar-refractivity contribution in [2.24, 2.45) is 5.92 Å². The van der Waals surface area contributed by atoms with Crippen molar-refractivity contribution in [2.75, 3.05) is 6.61 Å². The number of rotatable bonds is 13. The molecule has 0 saturated heterocycles. The maximum atomic E-state index is 13.7.